The van der Waals surface area contributed by atoms with E-state index < -0.39 is 0 Å². The van der Waals surface area contributed by atoms with Gasteiger partial charge in [-0.2, -0.15) is 0 Å². The molecule has 2 rings (SSSR count). The van der Waals surface area contributed by atoms with Crippen molar-refractivity contribution in [3.63, 3.8) is 0 Å². The molecule has 22 heavy (non-hydrogen) atoms. The number of nitrogens with one attached hydrogen (secondary N) is 1. The van der Waals surface area contributed by atoms with E-state index in [-0.39, 0.29) is 29.8 Å². The molecule has 6 heteroatoms. The predicted molar refractivity (Wildman–Crippen MR) is 104 cm³/mol. The van der Waals surface area contributed by atoms with Crippen LogP contribution in [0.2, 0.25) is 0 Å². The summed E-state index contributed by atoms with van der Waals surface area (Å²) in [6.45, 7) is 2.43. The first-order valence-electron chi connectivity index (χ1n) is 6.67. The molecule has 0 aliphatic carbocycles. The molecule has 0 atom stereocenters. The van der Waals surface area contributed by atoms with Crippen molar-refractivity contribution in [2.45, 2.75) is 19.9 Å². The Balaban J connectivity index is 0.00000242. The monoisotopic (exact) mass is 477 g/mol. The average molecular weight is 478 g/mol. The Morgan fingerprint density at radius 2 is 1.86 bits per heavy atom. The first-order valence-corrected chi connectivity index (χ1v) is 7.47. The summed E-state index contributed by atoms with van der Waals surface area (Å²) in [6, 6.07) is 12.7. The molecule has 0 unspecified atom stereocenters. The Bertz CT molecular complexity index is 624. The number of hydrogen-bond acceptors (Lipinski definition) is 1. The van der Waals surface area contributed by atoms with E-state index in [0.717, 1.165) is 17.7 Å². The van der Waals surface area contributed by atoms with Crippen LogP contribution in [0.1, 0.15) is 18.1 Å². The van der Waals surface area contributed by atoms with Crippen molar-refractivity contribution in [2.24, 2.45) is 10.7 Å². The lowest BCUT2D eigenvalue weighted by Gasteiger charge is -2.06. The van der Waals surface area contributed by atoms with E-state index in [1.807, 2.05) is 30.3 Å². The van der Waals surface area contributed by atoms with Crippen LogP contribution < -0.4 is 11.1 Å². The fraction of sp³-hybridized carbons (Fsp3) is 0.188. The summed E-state index contributed by atoms with van der Waals surface area (Å²) in [4.78, 5) is 4.21. The molecule has 0 amide bonds. The van der Waals surface area contributed by atoms with E-state index in [1.165, 1.54) is 17.7 Å². The summed E-state index contributed by atoms with van der Waals surface area (Å²) >= 11 is 3.25. The second kappa shape index (κ2) is 9.09. The molecule has 0 heterocycles. The smallest absolute Gasteiger partial charge is 0.193 e. The number of rotatable bonds is 4. The summed E-state index contributed by atoms with van der Waals surface area (Å²) in [5.41, 5.74) is 8.74. The molecule has 0 spiro atoms. The SMILES string of the molecule is CCc1ccc(NC(N)=NCc2cc(F)cc(Br)c2)cc1.I. The number of halogens is 3. The van der Waals surface area contributed by atoms with Gasteiger partial charge in [0.1, 0.15) is 5.82 Å². The summed E-state index contributed by atoms with van der Waals surface area (Å²) < 4.78 is 13.9. The second-order valence-electron chi connectivity index (χ2n) is 4.65. The third-order valence-electron chi connectivity index (χ3n) is 2.99. The molecular weight excluding hydrogens is 460 g/mol. The van der Waals surface area contributed by atoms with Crippen LogP contribution in [0, 0.1) is 5.82 Å². The highest BCUT2D eigenvalue weighted by molar-refractivity contribution is 14.0. The maximum absolute atomic E-state index is 13.2. The maximum Gasteiger partial charge on any atom is 0.193 e. The van der Waals surface area contributed by atoms with Gasteiger partial charge in [0.25, 0.3) is 0 Å². The van der Waals surface area contributed by atoms with Crippen molar-refractivity contribution >= 4 is 51.6 Å². The molecule has 0 fully saturated rings. The normalized spacial score (nSPS) is 11.0. The standard InChI is InChI=1S/C16H17BrFN3.HI/c1-2-11-3-5-15(6-4-11)21-16(19)20-10-12-7-13(17)9-14(18)8-12;/h3-9H,2,10H2,1H3,(H3,19,20,21);1H. The van der Waals surface area contributed by atoms with Crippen molar-refractivity contribution in [1.29, 1.82) is 0 Å². The number of nitrogens with two attached hydrogens (primary N) is 1. The molecule has 0 bridgehead atoms. The number of guanidine groups is 1. The van der Waals surface area contributed by atoms with Gasteiger partial charge in [-0.25, -0.2) is 9.38 Å². The third-order valence-corrected chi connectivity index (χ3v) is 3.45. The molecule has 0 radical (unpaired) electrons. The fourth-order valence-corrected chi connectivity index (χ4v) is 2.40. The predicted octanol–water partition coefficient (Wildman–Crippen LogP) is 4.70. The molecule has 2 aromatic carbocycles. The van der Waals surface area contributed by atoms with Crippen LogP contribution in [-0.2, 0) is 13.0 Å². The highest BCUT2D eigenvalue weighted by Gasteiger charge is 2.00. The molecule has 3 nitrogen and oxygen atoms in total. The van der Waals surface area contributed by atoms with Gasteiger partial charge in [0.2, 0.25) is 0 Å². The molecule has 0 aromatic heterocycles. The number of aliphatic imine (C=N–C) groups is 1. The Labute approximate surface area is 155 Å². The lowest BCUT2D eigenvalue weighted by atomic mass is 10.1. The van der Waals surface area contributed by atoms with Gasteiger partial charge >= 0.3 is 0 Å². The summed E-state index contributed by atoms with van der Waals surface area (Å²) in [7, 11) is 0. The van der Waals surface area contributed by atoms with Gasteiger partial charge in [0.15, 0.2) is 5.96 Å². The lowest BCUT2D eigenvalue weighted by molar-refractivity contribution is 0.624. The zero-order valence-electron chi connectivity index (χ0n) is 12.1. The zero-order valence-corrected chi connectivity index (χ0v) is 16.1. The Kier molecular flexibility index (Phi) is 7.81. The van der Waals surface area contributed by atoms with E-state index in [1.54, 1.807) is 0 Å². The first kappa shape index (κ1) is 18.9. The van der Waals surface area contributed by atoms with Gasteiger partial charge in [-0.3, -0.25) is 0 Å². The molecule has 0 aliphatic heterocycles. The number of anilines is 1. The first-order chi connectivity index (χ1) is 10.1. The molecule has 0 saturated carbocycles. The largest absolute Gasteiger partial charge is 0.370 e. The number of aryl methyl sites for hydroxylation is 1. The van der Waals surface area contributed by atoms with Gasteiger partial charge in [-0.15, -0.1) is 24.0 Å². The number of hydrogen-bond donors (Lipinski definition) is 2. The van der Waals surface area contributed by atoms with Crippen LogP contribution in [0.15, 0.2) is 51.9 Å². The van der Waals surface area contributed by atoms with E-state index >= 15 is 0 Å². The Morgan fingerprint density at radius 1 is 1.18 bits per heavy atom. The minimum absolute atomic E-state index is 0. The topological polar surface area (TPSA) is 50.4 Å². The van der Waals surface area contributed by atoms with Crippen LogP contribution >= 0.6 is 39.9 Å². The van der Waals surface area contributed by atoms with E-state index in [0.29, 0.717) is 17.0 Å². The quantitative estimate of drug-likeness (QED) is 0.381. The van der Waals surface area contributed by atoms with Gasteiger partial charge in [-0.1, -0.05) is 35.0 Å². The lowest BCUT2D eigenvalue weighted by Crippen LogP contribution is -2.22. The maximum atomic E-state index is 13.2. The summed E-state index contributed by atoms with van der Waals surface area (Å²) in [5.74, 6) is 0.0101. The number of nitrogens with zero attached hydrogens (tertiary/aromatic N) is 1. The minimum atomic E-state index is -0.295. The highest BCUT2D eigenvalue weighted by Crippen LogP contribution is 2.15. The molecule has 3 N–H and O–H groups in total. The molecular formula is C16H18BrFIN3. The minimum Gasteiger partial charge on any atom is -0.370 e. The van der Waals surface area contributed by atoms with Crippen LogP contribution in [0.5, 0.6) is 0 Å². The highest BCUT2D eigenvalue weighted by atomic mass is 127. The van der Waals surface area contributed by atoms with Gasteiger partial charge in [-0.05, 0) is 47.9 Å². The van der Waals surface area contributed by atoms with Crippen molar-refractivity contribution < 1.29 is 4.39 Å². The van der Waals surface area contributed by atoms with Crippen molar-refractivity contribution in [1.82, 2.24) is 0 Å². The Hall–Kier alpha value is -1.15. The molecule has 0 aliphatic rings. The summed E-state index contributed by atoms with van der Waals surface area (Å²) in [5, 5.41) is 3.01. The average Bonchev–Trinajstić information content (AvgIpc) is 2.45. The number of benzene rings is 2. The van der Waals surface area contributed by atoms with Crippen LogP contribution in [0.4, 0.5) is 10.1 Å². The molecule has 2 aromatic rings. The third kappa shape index (κ3) is 5.92. The Morgan fingerprint density at radius 3 is 2.45 bits per heavy atom. The fourth-order valence-electron chi connectivity index (χ4n) is 1.89. The van der Waals surface area contributed by atoms with E-state index in [9.17, 15) is 4.39 Å². The molecule has 0 saturated heterocycles. The van der Waals surface area contributed by atoms with Crippen molar-refractivity contribution in [3.8, 4) is 0 Å². The summed E-state index contributed by atoms with van der Waals surface area (Å²) in [6.07, 6.45) is 0.998. The van der Waals surface area contributed by atoms with Crippen molar-refractivity contribution in [3.05, 3.63) is 63.9 Å². The van der Waals surface area contributed by atoms with Gasteiger partial charge in [0, 0.05) is 10.2 Å². The van der Waals surface area contributed by atoms with Gasteiger partial charge < -0.3 is 11.1 Å². The van der Waals surface area contributed by atoms with E-state index in [4.69, 9.17) is 5.73 Å². The van der Waals surface area contributed by atoms with E-state index in [2.05, 4.69) is 33.2 Å². The zero-order chi connectivity index (χ0) is 15.2. The van der Waals surface area contributed by atoms with Crippen LogP contribution in [-0.4, -0.2) is 5.96 Å². The molecule has 118 valence electrons. The van der Waals surface area contributed by atoms with Gasteiger partial charge in [0.05, 0.1) is 6.54 Å². The van der Waals surface area contributed by atoms with Crippen LogP contribution in [0.3, 0.4) is 0 Å². The second-order valence-corrected chi connectivity index (χ2v) is 5.57. The van der Waals surface area contributed by atoms with Crippen LogP contribution in [0.25, 0.3) is 0 Å². The van der Waals surface area contributed by atoms with Crippen molar-refractivity contribution in [2.75, 3.05) is 5.32 Å².